The van der Waals surface area contributed by atoms with Gasteiger partial charge in [0.05, 0.1) is 5.69 Å². The van der Waals surface area contributed by atoms with Crippen LogP contribution in [0.5, 0.6) is 0 Å². The van der Waals surface area contributed by atoms with Gasteiger partial charge in [-0.15, -0.1) is 0 Å². The zero-order chi connectivity index (χ0) is 16.8. The summed E-state index contributed by atoms with van der Waals surface area (Å²) in [6.07, 6.45) is 8.05. The Labute approximate surface area is 145 Å². The largest absolute Gasteiger partial charge is 0.346 e. The van der Waals surface area contributed by atoms with Crippen molar-refractivity contribution in [2.45, 2.75) is 38.8 Å². The molecular formula is C19H21N5O. The molecule has 4 heterocycles. The van der Waals surface area contributed by atoms with Crippen LogP contribution in [0, 0.1) is 5.92 Å². The maximum atomic E-state index is 12.4. The Morgan fingerprint density at radius 1 is 1.32 bits per heavy atom. The second-order valence-electron chi connectivity index (χ2n) is 7.26. The van der Waals surface area contributed by atoms with E-state index in [4.69, 9.17) is 4.98 Å². The minimum absolute atomic E-state index is 0.0663. The van der Waals surface area contributed by atoms with Crippen LogP contribution in [0.4, 0.5) is 0 Å². The molecule has 1 fully saturated rings. The van der Waals surface area contributed by atoms with E-state index >= 15 is 0 Å². The third-order valence-corrected chi connectivity index (χ3v) is 5.31. The summed E-state index contributed by atoms with van der Waals surface area (Å²) in [5, 5.41) is 1.17. The lowest BCUT2D eigenvalue weighted by Crippen LogP contribution is -2.35. The molecular weight excluding hydrogens is 314 g/mol. The van der Waals surface area contributed by atoms with Crippen molar-refractivity contribution in [2.75, 3.05) is 6.54 Å². The van der Waals surface area contributed by atoms with Crippen molar-refractivity contribution in [3.63, 3.8) is 0 Å². The summed E-state index contributed by atoms with van der Waals surface area (Å²) in [5.74, 6) is 1.59. The van der Waals surface area contributed by atoms with Gasteiger partial charge in [-0.25, -0.2) is 9.97 Å². The van der Waals surface area contributed by atoms with Crippen LogP contribution in [-0.4, -0.2) is 31.4 Å². The van der Waals surface area contributed by atoms with Crippen LogP contribution in [0.2, 0.25) is 0 Å². The molecule has 0 spiro atoms. The molecule has 1 aliphatic heterocycles. The molecule has 6 nitrogen and oxygen atoms in total. The predicted molar refractivity (Wildman–Crippen MR) is 95.2 cm³/mol. The number of fused-ring (bicyclic) bond motifs is 2. The Morgan fingerprint density at radius 2 is 2.24 bits per heavy atom. The van der Waals surface area contributed by atoms with Crippen molar-refractivity contribution in [3.05, 3.63) is 57.5 Å². The SMILES string of the molecule is O=c1[nH]c(CC2CC2)nc2c1CCN(Cc1c[nH]c3ncccc13)C2. The highest BCUT2D eigenvalue weighted by Gasteiger charge is 2.25. The predicted octanol–water partition coefficient (Wildman–Crippen LogP) is 2.16. The Kier molecular flexibility index (Phi) is 3.45. The Balaban J connectivity index is 1.39. The van der Waals surface area contributed by atoms with Gasteiger partial charge in [0.1, 0.15) is 11.5 Å². The summed E-state index contributed by atoms with van der Waals surface area (Å²) in [4.78, 5) is 30.1. The van der Waals surface area contributed by atoms with Crippen LogP contribution in [0.15, 0.2) is 29.3 Å². The standard InChI is InChI=1S/C19H21N5O/c25-19-15-5-7-24(10-13-9-21-18-14(13)2-1-6-20-18)11-16(15)22-17(23-19)8-12-3-4-12/h1-2,6,9,12H,3-5,7-8,10-11H2,(H,20,21)(H,22,23,25). The molecule has 0 unspecified atom stereocenters. The molecule has 2 N–H and O–H groups in total. The normalized spacial score (nSPS) is 17.8. The van der Waals surface area contributed by atoms with E-state index in [2.05, 4.69) is 25.9 Å². The van der Waals surface area contributed by atoms with Gasteiger partial charge in [0.15, 0.2) is 0 Å². The van der Waals surface area contributed by atoms with Gasteiger partial charge in [0.25, 0.3) is 5.56 Å². The molecule has 25 heavy (non-hydrogen) atoms. The van der Waals surface area contributed by atoms with Crippen LogP contribution in [-0.2, 0) is 25.9 Å². The van der Waals surface area contributed by atoms with Gasteiger partial charge in [-0.05, 0) is 42.9 Å². The second kappa shape index (κ2) is 5.81. The average molecular weight is 335 g/mol. The van der Waals surface area contributed by atoms with Crippen molar-refractivity contribution >= 4 is 11.0 Å². The fraction of sp³-hybridized carbons (Fsp3) is 0.421. The first-order chi connectivity index (χ1) is 12.3. The first kappa shape index (κ1) is 14.8. The van der Waals surface area contributed by atoms with E-state index in [1.54, 1.807) is 6.20 Å². The maximum Gasteiger partial charge on any atom is 0.254 e. The number of aromatic nitrogens is 4. The summed E-state index contributed by atoms with van der Waals surface area (Å²) < 4.78 is 0. The zero-order valence-electron chi connectivity index (χ0n) is 14.1. The lowest BCUT2D eigenvalue weighted by atomic mass is 10.1. The number of nitrogens with zero attached hydrogens (tertiary/aromatic N) is 3. The molecule has 0 atom stereocenters. The number of hydrogen-bond donors (Lipinski definition) is 2. The highest BCUT2D eigenvalue weighted by molar-refractivity contribution is 5.79. The van der Waals surface area contributed by atoms with Crippen molar-refractivity contribution in [3.8, 4) is 0 Å². The van der Waals surface area contributed by atoms with E-state index in [0.29, 0.717) is 0 Å². The Morgan fingerprint density at radius 3 is 3.12 bits per heavy atom. The maximum absolute atomic E-state index is 12.4. The van der Waals surface area contributed by atoms with E-state index in [-0.39, 0.29) is 5.56 Å². The van der Waals surface area contributed by atoms with Gasteiger partial charge in [-0.1, -0.05) is 0 Å². The lowest BCUT2D eigenvalue weighted by Gasteiger charge is -2.27. The van der Waals surface area contributed by atoms with E-state index in [1.165, 1.54) is 23.8 Å². The Hall–Kier alpha value is -2.47. The van der Waals surface area contributed by atoms with Crippen LogP contribution >= 0.6 is 0 Å². The number of hydrogen-bond acceptors (Lipinski definition) is 4. The summed E-state index contributed by atoms with van der Waals surface area (Å²) >= 11 is 0. The molecule has 0 radical (unpaired) electrons. The highest BCUT2D eigenvalue weighted by Crippen LogP contribution is 2.31. The molecule has 0 amide bonds. The van der Waals surface area contributed by atoms with Gasteiger partial charge < -0.3 is 9.97 Å². The van der Waals surface area contributed by atoms with E-state index in [0.717, 1.165) is 61.1 Å². The van der Waals surface area contributed by atoms with Crippen molar-refractivity contribution in [2.24, 2.45) is 5.92 Å². The molecule has 0 bridgehead atoms. The van der Waals surface area contributed by atoms with E-state index < -0.39 is 0 Å². The summed E-state index contributed by atoms with van der Waals surface area (Å²) in [5.41, 5.74) is 4.07. The minimum atomic E-state index is 0.0663. The van der Waals surface area contributed by atoms with Gasteiger partial charge in [-0.2, -0.15) is 0 Å². The van der Waals surface area contributed by atoms with Gasteiger partial charge >= 0.3 is 0 Å². The van der Waals surface area contributed by atoms with Crippen molar-refractivity contribution in [1.29, 1.82) is 0 Å². The number of rotatable bonds is 4. The highest BCUT2D eigenvalue weighted by atomic mass is 16.1. The topological polar surface area (TPSA) is 77.7 Å². The molecule has 3 aromatic rings. The van der Waals surface area contributed by atoms with E-state index in [1.807, 2.05) is 12.3 Å². The van der Waals surface area contributed by atoms with Crippen molar-refractivity contribution in [1.82, 2.24) is 24.8 Å². The second-order valence-corrected chi connectivity index (χ2v) is 7.26. The van der Waals surface area contributed by atoms with Crippen LogP contribution in [0.3, 0.4) is 0 Å². The molecule has 5 rings (SSSR count). The molecule has 128 valence electrons. The van der Waals surface area contributed by atoms with Crippen LogP contribution < -0.4 is 5.56 Å². The average Bonchev–Trinajstić information content (AvgIpc) is 3.34. The monoisotopic (exact) mass is 335 g/mol. The molecule has 1 aliphatic carbocycles. The minimum Gasteiger partial charge on any atom is -0.346 e. The van der Waals surface area contributed by atoms with Crippen molar-refractivity contribution < 1.29 is 0 Å². The first-order valence-corrected chi connectivity index (χ1v) is 9.00. The molecule has 6 heteroatoms. The van der Waals surface area contributed by atoms with E-state index in [9.17, 15) is 4.79 Å². The molecule has 2 aliphatic rings. The fourth-order valence-electron chi connectivity index (χ4n) is 3.76. The smallest absolute Gasteiger partial charge is 0.254 e. The number of pyridine rings is 1. The summed E-state index contributed by atoms with van der Waals surface area (Å²) in [6.45, 7) is 2.47. The van der Waals surface area contributed by atoms with Gasteiger partial charge in [0.2, 0.25) is 0 Å². The molecule has 0 aromatic carbocycles. The number of nitrogens with one attached hydrogen (secondary N) is 2. The third-order valence-electron chi connectivity index (χ3n) is 5.31. The first-order valence-electron chi connectivity index (χ1n) is 9.00. The number of aromatic amines is 2. The Bertz CT molecular complexity index is 985. The molecule has 3 aromatic heterocycles. The molecule has 1 saturated carbocycles. The third kappa shape index (κ3) is 2.87. The zero-order valence-corrected chi connectivity index (χ0v) is 14.1. The van der Waals surface area contributed by atoms with Gasteiger partial charge in [0, 0.05) is 49.4 Å². The van der Waals surface area contributed by atoms with Crippen LogP contribution in [0.1, 0.15) is 35.5 Å². The summed E-state index contributed by atoms with van der Waals surface area (Å²) in [7, 11) is 0. The van der Waals surface area contributed by atoms with Gasteiger partial charge in [-0.3, -0.25) is 9.69 Å². The number of H-pyrrole nitrogens is 2. The molecule has 0 saturated heterocycles. The quantitative estimate of drug-likeness (QED) is 0.766. The lowest BCUT2D eigenvalue weighted by molar-refractivity contribution is 0.241. The van der Waals surface area contributed by atoms with Crippen LogP contribution in [0.25, 0.3) is 11.0 Å². The fourth-order valence-corrected chi connectivity index (χ4v) is 3.76. The summed E-state index contributed by atoms with van der Waals surface area (Å²) in [6, 6.07) is 4.07.